The van der Waals surface area contributed by atoms with Crippen LogP contribution in [0.4, 0.5) is 0 Å². The van der Waals surface area contributed by atoms with E-state index >= 15 is 0 Å². The molecule has 0 fully saturated rings. The highest BCUT2D eigenvalue weighted by molar-refractivity contribution is 7.39. The lowest BCUT2D eigenvalue weighted by molar-refractivity contribution is 1.85. The predicted octanol–water partition coefficient (Wildman–Crippen LogP) is 1.77. The van der Waals surface area contributed by atoms with E-state index in [2.05, 4.69) is 20.5 Å². The third-order valence-electron chi connectivity index (χ3n) is 0.447. The maximum atomic E-state index is 2.13. The Balaban J connectivity index is 3.14. The van der Waals surface area contributed by atoms with Crippen molar-refractivity contribution in [3.8, 4) is 0 Å². The summed E-state index contributed by atoms with van der Waals surface area (Å²) < 4.78 is 0. The van der Waals surface area contributed by atoms with E-state index in [4.69, 9.17) is 0 Å². The van der Waals surface area contributed by atoms with Crippen LogP contribution >= 0.6 is 8.20 Å². The summed E-state index contributed by atoms with van der Waals surface area (Å²) in [5.74, 6) is 0. The lowest BCUT2D eigenvalue weighted by atomic mass is 10.6. The first-order valence-electron chi connectivity index (χ1n) is 1.67. The summed E-state index contributed by atoms with van der Waals surface area (Å²) in [5.41, 5.74) is 0. The Kier molecular flexibility index (Phi) is 2.49. The second kappa shape index (κ2) is 2.41. The van der Waals surface area contributed by atoms with Crippen molar-refractivity contribution in [2.24, 2.45) is 0 Å². The van der Waals surface area contributed by atoms with Crippen LogP contribution in [-0.2, 0) is 0 Å². The van der Waals surface area contributed by atoms with Crippen molar-refractivity contribution in [3.63, 3.8) is 0 Å². The molecule has 30 valence electrons. The molecule has 0 bridgehead atoms. The van der Waals surface area contributed by atoms with Crippen LogP contribution in [0.2, 0.25) is 0 Å². The van der Waals surface area contributed by atoms with Gasteiger partial charge in [0.05, 0.1) is 0 Å². The summed E-state index contributed by atoms with van der Waals surface area (Å²) in [5, 5.41) is 1.48. The first-order chi connectivity index (χ1) is 2.27. The van der Waals surface area contributed by atoms with Crippen molar-refractivity contribution in [2.75, 3.05) is 6.66 Å². The Morgan fingerprint density at radius 3 is 1.60 bits per heavy atom. The van der Waals surface area contributed by atoms with Crippen LogP contribution in [0.3, 0.4) is 0 Å². The van der Waals surface area contributed by atoms with Crippen molar-refractivity contribution in [1.82, 2.24) is 0 Å². The highest BCUT2D eigenvalue weighted by Gasteiger charge is 1.61. The minimum Gasteiger partial charge on any atom is -0.109 e. The Bertz CT molecular complexity index is 41.6. The maximum absolute atomic E-state index is 2.13. The van der Waals surface area contributed by atoms with E-state index in [1.165, 1.54) is 13.5 Å². The first kappa shape index (κ1) is 5.17. The molecule has 0 atom stereocenters. The molecule has 1 heteroatoms. The van der Waals surface area contributed by atoms with E-state index in [0.29, 0.717) is 0 Å². The number of hydrogen-bond acceptors (Lipinski definition) is 0. The molecule has 0 aromatic heterocycles. The second-order valence-corrected chi connectivity index (χ2v) is 2.51. The van der Waals surface area contributed by atoms with E-state index in [1.54, 1.807) is 0 Å². The topological polar surface area (TPSA) is 0 Å². The summed E-state index contributed by atoms with van der Waals surface area (Å²) in [6.07, 6.45) is 0. The van der Waals surface area contributed by atoms with Crippen LogP contribution in [0.1, 0.15) is 13.8 Å². The summed E-state index contributed by atoms with van der Waals surface area (Å²) in [7, 11) is 1.41. The average Bonchev–Trinajstić information content (AvgIpc) is 1.38. The zero-order chi connectivity index (χ0) is 4.28. The largest absolute Gasteiger partial charge is 0.109 e. The zero-order valence-electron chi connectivity index (χ0n) is 3.95. The minimum absolute atomic E-state index is 1.41. The molecule has 0 nitrogen and oxygen atoms in total. The molecule has 0 saturated heterocycles. The third kappa shape index (κ3) is 4.17. The minimum atomic E-state index is 1.41. The Hall–Kier alpha value is 0.170. The molecule has 0 radical (unpaired) electrons. The predicted molar refractivity (Wildman–Crippen MR) is 29.2 cm³/mol. The van der Waals surface area contributed by atoms with Crippen molar-refractivity contribution in [1.29, 1.82) is 0 Å². The monoisotopic (exact) mass is 88.0 g/mol. The molecule has 0 aromatic carbocycles. The number of hydrogen-bond donors (Lipinski definition) is 0. The summed E-state index contributed by atoms with van der Waals surface area (Å²) in [4.78, 5) is 0. The molecular weight excluding hydrogens is 79.0 g/mol. The standard InChI is InChI=1S/C4H9P/c1-4(2)5-3/h1-3H3. The Morgan fingerprint density at radius 1 is 1.40 bits per heavy atom. The normalized spacial score (nSPS) is 8.60. The summed E-state index contributed by atoms with van der Waals surface area (Å²) >= 11 is 0. The smallest absolute Gasteiger partial charge is 0.0224 e. The van der Waals surface area contributed by atoms with Crippen molar-refractivity contribution >= 4 is 13.5 Å². The SMILES string of the molecule is CP=C(C)C. The summed E-state index contributed by atoms with van der Waals surface area (Å²) in [6, 6.07) is 0. The molecular formula is C4H9P. The molecule has 0 saturated carbocycles. The zero-order valence-corrected chi connectivity index (χ0v) is 4.84. The molecule has 0 aliphatic heterocycles. The first-order valence-corrected chi connectivity index (χ1v) is 3.01. The fraction of sp³-hybridized carbons (Fsp3) is 0.750. The lowest BCUT2D eigenvalue weighted by Gasteiger charge is -1.72. The van der Waals surface area contributed by atoms with Crippen molar-refractivity contribution in [3.05, 3.63) is 0 Å². The van der Waals surface area contributed by atoms with Gasteiger partial charge in [0.25, 0.3) is 0 Å². The van der Waals surface area contributed by atoms with Gasteiger partial charge in [0, 0.05) is 0 Å². The molecule has 0 heterocycles. The van der Waals surface area contributed by atoms with Gasteiger partial charge in [0.15, 0.2) is 0 Å². The van der Waals surface area contributed by atoms with E-state index in [9.17, 15) is 0 Å². The van der Waals surface area contributed by atoms with E-state index in [0.717, 1.165) is 0 Å². The van der Waals surface area contributed by atoms with Crippen LogP contribution in [-0.4, -0.2) is 12.0 Å². The van der Waals surface area contributed by atoms with E-state index in [1.807, 2.05) is 0 Å². The van der Waals surface area contributed by atoms with Gasteiger partial charge in [-0.3, -0.25) is 0 Å². The molecule has 0 N–H and O–H groups in total. The van der Waals surface area contributed by atoms with E-state index in [-0.39, 0.29) is 0 Å². The third-order valence-corrected chi connectivity index (χ3v) is 1.34. The average molecular weight is 88.1 g/mol. The van der Waals surface area contributed by atoms with Gasteiger partial charge in [-0.2, -0.15) is 0 Å². The Morgan fingerprint density at radius 2 is 1.60 bits per heavy atom. The van der Waals surface area contributed by atoms with Crippen LogP contribution < -0.4 is 0 Å². The van der Waals surface area contributed by atoms with Gasteiger partial charge in [-0.1, -0.05) is 5.29 Å². The van der Waals surface area contributed by atoms with Crippen LogP contribution in [0.25, 0.3) is 0 Å². The fourth-order valence-corrected chi connectivity index (χ4v) is 0. The van der Waals surface area contributed by atoms with Gasteiger partial charge in [-0.25, -0.2) is 0 Å². The van der Waals surface area contributed by atoms with Crippen molar-refractivity contribution < 1.29 is 0 Å². The molecule has 0 unspecified atom stereocenters. The second-order valence-electron chi connectivity index (χ2n) is 1.17. The molecule has 0 rings (SSSR count). The quantitative estimate of drug-likeness (QED) is 0.396. The molecule has 0 aliphatic rings. The van der Waals surface area contributed by atoms with Gasteiger partial charge in [-0.15, -0.1) is 8.20 Å². The summed E-state index contributed by atoms with van der Waals surface area (Å²) in [6.45, 7) is 6.39. The fourth-order valence-electron chi connectivity index (χ4n) is 0. The molecule has 0 amide bonds. The van der Waals surface area contributed by atoms with Crippen LogP contribution in [0.5, 0.6) is 0 Å². The maximum Gasteiger partial charge on any atom is -0.0224 e. The van der Waals surface area contributed by atoms with E-state index < -0.39 is 0 Å². The lowest BCUT2D eigenvalue weighted by Crippen LogP contribution is -1.66. The highest BCUT2D eigenvalue weighted by Crippen LogP contribution is 1.86. The van der Waals surface area contributed by atoms with Gasteiger partial charge >= 0.3 is 0 Å². The molecule has 0 aromatic rings. The molecule has 0 spiro atoms. The number of rotatable bonds is 0. The van der Waals surface area contributed by atoms with Gasteiger partial charge in [0.1, 0.15) is 0 Å². The van der Waals surface area contributed by atoms with Gasteiger partial charge in [-0.05, 0) is 20.5 Å². The molecule has 0 aliphatic carbocycles. The van der Waals surface area contributed by atoms with Crippen LogP contribution in [0, 0.1) is 0 Å². The van der Waals surface area contributed by atoms with Gasteiger partial charge < -0.3 is 0 Å². The highest BCUT2D eigenvalue weighted by atomic mass is 31.1. The van der Waals surface area contributed by atoms with Gasteiger partial charge in [0.2, 0.25) is 0 Å². The van der Waals surface area contributed by atoms with Crippen molar-refractivity contribution in [2.45, 2.75) is 13.8 Å². The molecule has 5 heavy (non-hydrogen) atoms. The van der Waals surface area contributed by atoms with Crippen LogP contribution in [0.15, 0.2) is 0 Å². The Labute approximate surface area is 35.0 Å².